The van der Waals surface area contributed by atoms with Gasteiger partial charge in [-0.15, -0.1) is 0 Å². The van der Waals surface area contributed by atoms with Crippen LogP contribution < -0.4 is 5.32 Å². The Labute approximate surface area is 163 Å². The van der Waals surface area contributed by atoms with Crippen LogP contribution in [0.15, 0.2) is 61.2 Å². The number of rotatable bonds is 6. The number of likely N-dealkylation sites (tertiary alicyclic amines) is 1. The minimum atomic E-state index is -0.168. The number of carbonyl (C=O) groups excluding carboxylic acids is 2. The van der Waals surface area contributed by atoms with Crippen LogP contribution in [0.5, 0.6) is 0 Å². The Kier molecular flexibility index (Phi) is 5.14. The molecule has 0 atom stereocenters. The van der Waals surface area contributed by atoms with E-state index >= 15 is 0 Å². The molecular weight excluding hydrogens is 354 g/mol. The first-order valence-electron chi connectivity index (χ1n) is 9.27. The molecule has 0 aliphatic carbocycles. The lowest BCUT2D eigenvalue weighted by molar-refractivity contribution is -0.128. The first-order valence-corrected chi connectivity index (χ1v) is 9.27. The predicted molar refractivity (Wildman–Crippen MR) is 105 cm³/mol. The lowest BCUT2D eigenvalue weighted by Gasteiger charge is -2.16. The molecule has 1 aliphatic heterocycles. The highest BCUT2D eigenvalue weighted by Gasteiger charge is 2.20. The van der Waals surface area contributed by atoms with Crippen molar-refractivity contribution in [2.24, 2.45) is 0 Å². The van der Waals surface area contributed by atoms with Crippen LogP contribution in [0.1, 0.15) is 34.3 Å². The number of nitrogens with one attached hydrogen (secondary N) is 1. The molecular formula is C21H21N5O2. The van der Waals surface area contributed by atoms with Crippen LogP contribution >= 0.6 is 0 Å². The lowest BCUT2D eigenvalue weighted by atomic mass is 10.1. The fraction of sp³-hybridized carbons (Fsp3) is 0.238. The summed E-state index contributed by atoms with van der Waals surface area (Å²) in [6, 6.07) is 15.1. The van der Waals surface area contributed by atoms with E-state index in [9.17, 15) is 9.59 Å². The summed E-state index contributed by atoms with van der Waals surface area (Å²) in [6.07, 6.45) is 4.69. The lowest BCUT2D eigenvalue weighted by Crippen LogP contribution is -2.24. The van der Waals surface area contributed by atoms with Crippen molar-refractivity contribution < 1.29 is 9.59 Å². The smallest absolute Gasteiger partial charge is 0.255 e. The number of nitrogens with zero attached hydrogens (tertiary/aromatic N) is 4. The van der Waals surface area contributed by atoms with Crippen molar-refractivity contribution in [1.82, 2.24) is 19.7 Å². The van der Waals surface area contributed by atoms with Crippen LogP contribution in [0.4, 0.5) is 5.69 Å². The molecule has 0 radical (unpaired) electrons. The van der Waals surface area contributed by atoms with Crippen molar-refractivity contribution in [2.45, 2.75) is 25.9 Å². The number of benzene rings is 2. The second-order valence-corrected chi connectivity index (χ2v) is 6.86. The van der Waals surface area contributed by atoms with Gasteiger partial charge in [-0.1, -0.05) is 24.3 Å². The molecule has 1 fully saturated rings. The zero-order chi connectivity index (χ0) is 19.3. The van der Waals surface area contributed by atoms with Crippen molar-refractivity contribution in [3.05, 3.63) is 77.9 Å². The third-order valence-corrected chi connectivity index (χ3v) is 4.76. The van der Waals surface area contributed by atoms with Gasteiger partial charge in [0.1, 0.15) is 12.7 Å². The summed E-state index contributed by atoms with van der Waals surface area (Å²) in [5.41, 5.74) is 3.34. The topological polar surface area (TPSA) is 80.1 Å². The monoisotopic (exact) mass is 375 g/mol. The van der Waals surface area contributed by atoms with Crippen molar-refractivity contribution >= 4 is 17.5 Å². The maximum absolute atomic E-state index is 12.6. The minimum absolute atomic E-state index is 0.168. The van der Waals surface area contributed by atoms with Crippen LogP contribution in [0.2, 0.25) is 0 Å². The third kappa shape index (κ3) is 4.25. The van der Waals surface area contributed by atoms with Crippen LogP contribution in [0, 0.1) is 0 Å². The van der Waals surface area contributed by atoms with Gasteiger partial charge in [-0.3, -0.25) is 9.59 Å². The fourth-order valence-corrected chi connectivity index (χ4v) is 3.30. The van der Waals surface area contributed by atoms with E-state index in [2.05, 4.69) is 15.4 Å². The summed E-state index contributed by atoms with van der Waals surface area (Å²) in [5, 5.41) is 7.00. The molecule has 4 rings (SSSR count). The third-order valence-electron chi connectivity index (χ3n) is 4.76. The van der Waals surface area contributed by atoms with Crippen molar-refractivity contribution in [3.8, 4) is 0 Å². The van der Waals surface area contributed by atoms with E-state index in [0.29, 0.717) is 25.1 Å². The minimum Gasteiger partial charge on any atom is -0.338 e. The van der Waals surface area contributed by atoms with Gasteiger partial charge in [0.2, 0.25) is 5.91 Å². The zero-order valence-electron chi connectivity index (χ0n) is 15.4. The molecule has 1 aliphatic rings. The highest BCUT2D eigenvalue weighted by atomic mass is 16.2. The molecule has 7 nitrogen and oxygen atoms in total. The number of amides is 2. The molecule has 0 bridgehead atoms. The van der Waals surface area contributed by atoms with E-state index in [1.54, 1.807) is 17.1 Å². The summed E-state index contributed by atoms with van der Waals surface area (Å²) in [6.45, 7) is 1.97. The molecule has 1 saturated heterocycles. The summed E-state index contributed by atoms with van der Waals surface area (Å²) in [7, 11) is 0. The number of aromatic nitrogens is 3. The van der Waals surface area contributed by atoms with Gasteiger partial charge in [-0.05, 0) is 41.8 Å². The number of carbonyl (C=O) groups is 2. The Bertz CT molecular complexity index is 967. The second-order valence-electron chi connectivity index (χ2n) is 6.86. The fourth-order valence-electron chi connectivity index (χ4n) is 3.30. The highest BCUT2D eigenvalue weighted by molar-refractivity contribution is 6.04. The Balaban J connectivity index is 1.39. The highest BCUT2D eigenvalue weighted by Crippen LogP contribution is 2.17. The molecule has 1 aromatic heterocycles. The second kappa shape index (κ2) is 8.04. The van der Waals surface area contributed by atoms with Gasteiger partial charge in [-0.2, -0.15) is 5.10 Å². The predicted octanol–water partition coefficient (Wildman–Crippen LogP) is 2.70. The van der Waals surface area contributed by atoms with Crippen molar-refractivity contribution in [1.29, 1.82) is 0 Å². The Morgan fingerprint density at radius 2 is 1.93 bits per heavy atom. The van der Waals surface area contributed by atoms with E-state index in [4.69, 9.17) is 0 Å². The van der Waals surface area contributed by atoms with Crippen molar-refractivity contribution in [2.75, 3.05) is 11.9 Å². The molecule has 3 aromatic rings. The quantitative estimate of drug-likeness (QED) is 0.718. The number of hydrogen-bond acceptors (Lipinski definition) is 4. The van der Waals surface area contributed by atoms with Crippen LogP contribution in [0.3, 0.4) is 0 Å². The molecule has 2 amide bonds. The molecule has 28 heavy (non-hydrogen) atoms. The van der Waals surface area contributed by atoms with Gasteiger partial charge in [-0.25, -0.2) is 9.67 Å². The van der Waals surface area contributed by atoms with Gasteiger partial charge >= 0.3 is 0 Å². The molecule has 1 N–H and O–H groups in total. The normalized spacial score (nSPS) is 13.7. The summed E-state index contributed by atoms with van der Waals surface area (Å²) < 4.78 is 1.74. The number of hydrogen-bond donors (Lipinski definition) is 1. The molecule has 0 spiro atoms. The SMILES string of the molecule is O=C(Nc1ccc(Cn2cncn2)cc1)c1cccc(CN2CCCC2=O)c1. The first-order chi connectivity index (χ1) is 13.7. The maximum atomic E-state index is 12.6. The molecule has 142 valence electrons. The Morgan fingerprint density at radius 3 is 2.64 bits per heavy atom. The van der Waals surface area contributed by atoms with Crippen molar-refractivity contribution in [3.63, 3.8) is 0 Å². The van der Waals surface area contributed by atoms with E-state index in [0.717, 1.165) is 29.8 Å². The largest absolute Gasteiger partial charge is 0.338 e. The molecule has 0 saturated carbocycles. The molecule has 2 heterocycles. The van der Waals surface area contributed by atoms with Gasteiger partial charge < -0.3 is 10.2 Å². The van der Waals surface area contributed by atoms with Gasteiger partial charge in [0.15, 0.2) is 0 Å². The zero-order valence-corrected chi connectivity index (χ0v) is 15.4. The molecule has 2 aromatic carbocycles. The van der Waals surface area contributed by atoms with Crippen LogP contribution in [0.25, 0.3) is 0 Å². The summed E-state index contributed by atoms with van der Waals surface area (Å²) >= 11 is 0. The molecule has 7 heteroatoms. The van der Waals surface area contributed by atoms with Gasteiger partial charge in [0.05, 0.1) is 6.54 Å². The number of anilines is 1. The average Bonchev–Trinajstić information content (AvgIpc) is 3.36. The van der Waals surface area contributed by atoms with E-state index in [-0.39, 0.29) is 11.8 Å². The van der Waals surface area contributed by atoms with Crippen LogP contribution in [-0.4, -0.2) is 38.0 Å². The van der Waals surface area contributed by atoms with Gasteiger partial charge in [0.25, 0.3) is 5.91 Å². The summed E-state index contributed by atoms with van der Waals surface area (Å²) in [4.78, 5) is 30.2. The van der Waals surface area contributed by atoms with E-state index < -0.39 is 0 Å². The Morgan fingerprint density at radius 1 is 1.07 bits per heavy atom. The van der Waals surface area contributed by atoms with E-state index in [1.807, 2.05) is 47.4 Å². The van der Waals surface area contributed by atoms with E-state index in [1.165, 1.54) is 6.33 Å². The van der Waals surface area contributed by atoms with Crippen LogP contribution in [-0.2, 0) is 17.9 Å². The Hall–Kier alpha value is -3.48. The molecule has 0 unspecified atom stereocenters. The first kappa shape index (κ1) is 17.9. The standard InChI is InChI=1S/C21H21N5O2/c27-20-5-2-10-25(20)12-17-3-1-4-18(11-17)21(28)24-19-8-6-16(7-9-19)13-26-15-22-14-23-26/h1,3-4,6-9,11,14-15H,2,5,10,12-13H2,(H,24,28). The maximum Gasteiger partial charge on any atom is 0.255 e. The summed E-state index contributed by atoms with van der Waals surface area (Å²) in [5.74, 6) is 0.0134. The average molecular weight is 375 g/mol. The van der Waals surface area contributed by atoms with Gasteiger partial charge in [0, 0.05) is 30.8 Å².